The van der Waals surface area contributed by atoms with Gasteiger partial charge in [0.25, 0.3) is 6.47 Å². The molecule has 1 aromatic rings. The smallest absolute Gasteiger partial charge is 0.295 e. The average Bonchev–Trinajstić information content (AvgIpc) is 2.09. The predicted octanol–water partition coefficient (Wildman–Crippen LogP) is 2.00. The summed E-state index contributed by atoms with van der Waals surface area (Å²) in [6, 6.07) is 7.70. The van der Waals surface area contributed by atoms with Gasteiger partial charge in [0.05, 0.1) is 0 Å². The van der Waals surface area contributed by atoms with E-state index in [1.807, 2.05) is 24.3 Å². The molecule has 1 aromatic carbocycles. The first-order chi connectivity index (χ1) is 5.83. The molecule has 63 valence electrons. The Balaban J connectivity index is 2.42. The lowest BCUT2D eigenvalue weighted by molar-refractivity contribution is -0.125. The van der Waals surface area contributed by atoms with Crippen molar-refractivity contribution in [3.8, 4) is 0 Å². The van der Waals surface area contributed by atoms with E-state index in [2.05, 4.69) is 32.6 Å². The second-order valence-electron chi connectivity index (χ2n) is 2.00. The Labute approximate surface area is 84.2 Å². The van der Waals surface area contributed by atoms with Crippen LogP contribution in [0, 0.1) is 10.3 Å². The van der Waals surface area contributed by atoms with Crippen LogP contribution in [0.4, 0.5) is 5.69 Å². The number of carbonyl (C=O) groups excluding carboxylic acids is 1. The SMILES string of the molecule is O=CO[CH]Nc1ccc(I)cc1. The predicted molar refractivity (Wildman–Crippen MR) is 54.2 cm³/mol. The molecular formula is C8H7INO2. The molecule has 0 saturated carbocycles. The summed E-state index contributed by atoms with van der Waals surface area (Å²) in [7, 11) is 0. The van der Waals surface area contributed by atoms with Crippen molar-refractivity contribution in [1.82, 2.24) is 0 Å². The van der Waals surface area contributed by atoms with E-state index in [4.69, 9.17) is 0 Å². The molecule has 4 heteroatoms. The Kier molecular flexibility index (Phi) is 3.86. The van der Waals surface area contributed by atoms with Crippen molar-refractivity contribution in [1.29, 1.82) is 0 Å². The monoisotopic (exact) mass is 276 g/mol. The van der Waals surface area contributed by atoms with Crippen molar-refractivity contribution in [2.45, 2.75) is 0 Å². The maximum Gasteiger partial charge on any atom is 0.295 e. The van der Waals surface area contributed by atoms with E-state index in [9.17, 15) is 4.79 Å². The molecule has 1 N–H and O–H groups in total. The number of hydrogen-bond donors (Lipinski definition) is 1. The summed E-state index contributed by atoms with van der Waals surface area (Å²) in [5.74, 6) is 0. The van der Waals surface area contributed by atoms with Gasteiger partial charge in [0.15, 0.2) is 0 Å². The molecule has 0 amide bonds. The molecule has 3 nitrogen and oxygen atoms in total. The first-order valence-electron chi connectivity index (χ1n) is 3.26. The number of carbonyl (C=O) groups is 1. The highest BCUT2D eigenvalue weighted by atomic mass is 127. The highest BCUT2D eigenvalue weighted by Crippen LogP contribution is 2.10. The van der Waals surface area contributed by atoms with E-state index in [-0.39, 0.29) is 0 Å². The molecule has 0 fully saturated rings. The molecule has 0 unspecified atom stereocenters. The Bertz CT molecular complexity index is 248. The van der Waals surface area contributed by atoms with E-state index < -0.39 is 0 Å². The van der Waals surface area contributed by atoms with Crippen molar-refractivity contribution >= 4 is 34.8 Å². The number of ether oxygens (including phenoxy) is 1. The normalized spacial score (nSPS) is 9.08. The average molecular weight is 276 g/mol. The standard InChI is InChI=1S/C8H7INO2/c9-7-1-3-8(4-2-7)10-5-12-6-11/h1-6,10H. The third-order valence-corrected chi connectivity index (χ3v) is 1.91. The van der Waals surface area contributed by atoms with Crippen LogP contribution in [0.1, 0.15) is 0 Å². The summed E-state index contributed by atoms with van der Waals surface area (Å²) in [5, 5.41) is 2.79. The summed E-state index contributed by atoms with van der Waals surface area (Å²) in [4.78, 5) is 9.75. The number of anilines is 1. The van der Waals surface area contributed by atoms with Gasteiger partial charge in [-0.1, -0.05) is 0 Å². The lowest BCUT2D eigenvalue weighted by Crippen LogP contribution is -1.97. The Morgan fingerprint density at radius 3 is 2.58 bits per heavy atom. The Morgan fingerprint density at radius 2 is 2.00 bits per heavy atom. The summed E-state index contributed by atoms with van der Waals surface area (Å²) in [6.45, 7) is 1.59. The highest BCUT2D eigenvalue weighted by molar-refractivity contribution is 14.1. The van der Waals surface area contributed by atoms with Gasteiger partial charge in [0.2, 0.25) is 6.73 Å². The van der Waals surface area contributed by atoms with Gasteiger partial charge in [0, 0.05) is 9.26 Å². The van der Waals surface area contributed by atoms with Crippen molar-refractivity contribution in [2.75, 3.05) is 5.32 Å². The number of halogens is 1. The molecule has 0 bridgehead atoms. The van der Waals surface area contributed by atoms with Crippen molar-refractivity contribution in [3.63, 3.8) is 0 Å². The molecule has 0 heterocycles. The van der Waals surface area contributed by atoms with Crippen LogP contribution in [0.15, 0.2) is 24.3 Å². The molecule has 0 atom stereocenters. The van der Waals surface area contributed by atoms with E-state index in [0.717, 1.165) is 9.26 Å². The number of hydrogen-bond acceptors (Lipinski definition) is 3. The van der Waals surface area contributed by atoms with Crippen LogP contribution < -0.4 is 5.32 Å². The summed E-state index contributed by atoms with van der Waals surface area (Å²) >= 11 is 2.22. The summed E-state index contributed by atoms with van der Waals surface area (Å²) < 4.78 is 5.51. The van der Waals surface area contributed by atoms with Crippen LogP contribution in [0.5, 0.6) is 0 Å². The number of rotatable bonds is 4. The quantitative estimate of drug-likeness (QED) is 0.519. The molecular weight excluding hydrogens is 269 g/mol. The molecule has 1 rings (SSSR count). The zero-order valence-electron chi connectivity index (χ0n) is 6.16. The third kappa shape index (κ3) is 3.08. The van der Waals surface area contributed by atoms with E-state index in [1.165, 1.54) is 6.73 Å². The van der Waals surface area contributed by atoms with Crippen LogP contribution in [-0.2, 0) is 9.53 Å². The van der Waals surface area contributed by atoms with E-state index in [0.29, 0.717) is 6.47 Å². The minimum absolute atomic E-state index is 0.361. The van der Waals surface area contributed by atoms with Crippen LogP contribution in [0.2, 0.25) is 0 Å². The lowest BCUT2D eigenvalue weighted by Gasteiger charge is -2.02. The zero-order valence-corrected chi connectivity index (χ0v) is 8.32. The third-order valence-electron chi connectivity index (χ3n) is 1.19. The van der Waals surface area contributed by atoms with Crippen LogP contribution in [-0.4, -0.2) is 6.47 Å². The van der Waals surface area contributed by atoms with Crippen LogP contribution >= 0.6 is 22.6 Å². The minimum atomic E-state index is 0.361. The molecule has 1 radical (unpaired) electrons. The highest BCUT2D eigenvalue weighted by Gasteiger charge is 1.90. The Hall–Kier alpha value is -0.780. The van der Waals surface area contributed by atoms with E-state index in [1.54, 1.807) is 0 Å². The van der Waals surface area contributed by atoms with Gasteiger partial charge in [-0.3, -0.25) is 4.79 Å². The second-order valence-corrected chi connectivity index (χ2v) is 3.25. The number of benzene rings is 1. The van der Waals surface area contributed by atoms with Gasteiger partial charge >= 0.3 is 0 Å². The minimum Gasteiger partial charge on any atom is -0.438 e. The summed E-state index contributed by atoms with van der Waals surface area (Å²) in [6.07, 6.45) is 0. The van der Waals surface area contributed by atoms with Crippen LogP contribution in [0.25, 0.3) is 0 Å². The molecule has 0 aliphatic heterocycles. The summed E-state index contributed by atoms with van der Waals surface area (Å²) in [5.41, 5.74) is 0.886. The molecule has 0 spiro atoms. The fraction of sp³-hybridized carbons (Fsp3) is 0. The van der Waals surface area contributed by atoms with Gasteiger partial charge in [-0.2, -0.15) is 0 Å². The second kappa shape index (κ2) is 4.97. The van der Waals surface area contributed by atoms with Gasteiger partial charge < -0.3 is 10.1 Å². The molecule has 0 saturated heterocycles. The largest absolute Gasteiger partial charge is 0.438 e. The van der Waals surface area contributed by atoms with Crippen molar-refractivity contribution in [2.24, 2.45) is 0 Å². The maximum absolute atomic E-state index is 9.75. The van der Waals surface area contributed by atoms with Gasteiger partial charge in [-0.25, -0.2) is 0 Å². The van der Waals surface area contributed by atoms with E-state index >= 15 is 0 Å². The molecule has 0 aliphatic rings. The molecule has 12 heavy (non-hydrogen) atoms. The first kappa shape index (κ1) is 9.31. The molecule has 0 aliphatic carbocycles. The van der Waals surface area contributed by atoms with Crippen LogP contribution in [0.3, 0.4) is 0 Å². The van der Waals surface area contributed by atoms with Gasteiger partial charge in [0.1, 0.15) is 0 Å². The van der Waals surface area contributed by atoms with Crippen molar-refractivity contribution < 1.29 is 9.53 Å². The lowest BCUT2D eigenvalue weighted by atomic mass is 10.3. The zero-order chi connectivity index (χ0) is 8.81. The van der Waals surface area contributed by atoms with Crippen molar-refractivity contribution in [3.05, 3.63) is 34.6 Å². The van der Waals surface area contributed by atoms with Gasteiger partial charge in [-0.15, -0.1) is 0 Å². The molecule has 0 aromatic heterocycles. The Morgan fingerprint density at radius 1 is 1.33 bits per heavy atom. The topological polar surface area (TPSA) is 38.3 Å². The fourth-order valence-corrected chi connectivity index (χ4v) is 1.04. The first-order valence-corrected chi connectivity index (χ1v) is 4.33. The maximum atomic E-state index is 9.75. The fourth-order valence-electron chi connectivity index (χ4n) is 0.676. The van der Waals surface area contributed by atoms with Gasteiger partial charge in [-0.05, 0) is 46.9 Å². The number of nitrogens with one attached hydrogen (secondary N) is 1.